The molecule has 48 valence electrons. The van der Waals surface area contributed by atoms with Gasteiger partial charge < -0.3 is 0 Å². The molecule has 0 saturated carbocycles. The van der Waals surface area contributed by atoms with Crippen LogP contribution in [-0.4, -0.2) is 13.0 Å². The Bertz CT molecular complexity index is 56.4. The van der Waals surface area contributed by atoms with Gasteiger partial charge in [0.15, 0.2) is 0 Å². The summed E-state index contributed by atoms with van der Waals surface area (Å²) in [6, 6.07) is 0. The number of rotatable bonds is 5. The first-order valence-corrected chi connectivity index (χ1v) is 2.84. The number of hydrazine groups is 1. The molecular weight excluding hydrogens is 104 g/mol. The third-order valence-electron chi connectivity index (χ3n) is 0.816. The Kier molecular flexibility index (Phi) is 5.97. The van der Waals surface area contributed by atoms with Crippen molar-refractivity contribution in [1.29, 1.82) is 0 Å². The molecule has 0 unspecified atom stereocenters. The van der Waals surface area contributed by atoms with E-state index >= 15 is 0 Å². The van der Waals surface area contributed by atoms with E-state index in [1.165, 1.54) is 0 Å². The maximum Gasteiger partial charge on any atom is 0.221 e. The van der Waals surface area contributed by atoms with Gasteiger partial charge in [0.2, 0.25) is 6.41 Å². The van der Waals surface area contributed by atoms with E-state index in [1.54, 1.807) is 0 Å². The van der Waals surface area contributed by atoms with Crippen LogP contribution in [0.3, 0.4) is 0 Å². The summed E-state index contributed by atoms with van der Waals surface area (Å²) < 4.78 is 0. The van der Waals surface area contributed by atoms with Gasteiger partial charge in [0.05, 0.1) is 0 Å². The van der Waals surface area contributed by atoms with Crippen molar-refractivity contribution in [1.82, 2.24) is 10.9 Å². The van der Waals surface area contributed by atoms with Gasteiger partial charge in [-0.25, -0.2) is 5.43 Å². The molecule has 2 N–H and O–H groups in total. The highest BCUT2D eigenvalue weighted by molar-refractivity contribution is 5.44. The SMILES string of the molecule is CCCCNNC=O. The van der Waals surface area contributed by atoms with Gasteiger partial charge in [-0.2, -0.15) is 0 Å². The molecule has 0 aliphatic carbocycles. The second-order valence-corrected chi connectivity index (χ2v) is 1.54. The van der Waals surface area contributed by atoms with Crippen LogP contribution in [0.5, 0.6) is 0 Å². The number of unbranched alkanes of at least 4 members (excludes halogenated alkanes) is 1. The fraction of sp³-hybridized carbons (Fsp3) is 0.800. The van der Waals surface area contributed by atoms with Gasteiger partial charge in [-0.05, 0) is 6.42 Å². The van der Waals surface area contributed by atoms with Crippen molar-refractivity contribution < 1.29 is 4.79 Å². The molecular formula is C5H12N2O. The summed E-state index contributed by atoms with van der Waals surface area (Å²) in [5.41, 5.74) is 5.07. The van der Waals surface area contributed by atoms with Crippen LogP contribution in [0.2, 0.25) is 0 Å². The molecule has 0 aromatic heterocycles. The Balaban J connectivity index is 2.62. The molecule has 0 radical (unpaired) electrons. The molecule has 3 heteroatoms. The van der Waals surface area contributed by atoms with Crippen LogP contribution in [0.15, 0.2) is 0 Å². The molecule has 0 aliphatic heterocycles. The molecule has 0 aliphatic rings. The van der Waals surface area contributed by atoms with Crippen molar-refractivity contribution in [2.24, 2.45) is 0 Å². The van der Waals surface area contributed by atoms with E-state index in [1.807, 2.05) is 0 Å². The van der Waals surface area contributed by atoms with Crippen LogP contribution < -0.4 is 10.9 Å². The fourth-order valence-corrected chi connectivity index (χ4v) is 0.379. The van der Waals surface area contributed by atoms with Gasteiger partial charge in [-0.15, -0.1) is 0 Å². The average molecular weight is 116 g/mol. The van der Waals surface area contributed by atoms with E-state index in [9.17, 15) is 4.79 Å². The second kappa shape index (κ2) is 6.43. The predicted molar refractivity (Wildman–Crippen MR) is 32.1 cm³/mol. The first kappa shape index (κ1) is 7.43. The molecule has 0 rings (SSSR count). The van der Waals surface area contributed by atoms with E-state index < -0.39 is 0 Å². The predicted octanol–water partition coefficient (Wildman–Crippen LogP) is 0.0371. The van der Waals surface area contributed by atoms with Crippen LogP contribution in [0.1, 0.15) is 19.8 Å². The van der Waals surface area contributed by atoms with Crippen molar-refractivity contribution in [2.75, 3.05) is 6.54 Å². The topological polar surface area (TPSA) is 41.1 Å². The number of hydrogen-bond donors (Lipinski definition) is 2. The lowest BCUT2D eigenvalue weighted by molar-refractivity contribution is -0.110. The Hall–Kier alpha value is -0.570. The lowest BCUT2D eigenvalue weighted by atomic mass is 10.3. The minimum Gasteiger partial charge on any atom is -0.294 e. The van der Waals surface area contributed by atoms with Crippen LogP contribution in [0.25, 0.3) is 0 Å². The molecule has 0 heterocycles. The second-order valence-electron chi connectivity index (χ2n) is 1.54. The van der Waals surface area contributed by atoms with Gasteiger partial charge in [-0.3, -0.25) is 10.2 Å². The molecule has 0 atom stereocenters. The highest BCUT2D eigenvalue weighted by Gasteiger charge is 1.78. The molecule has 0 aromatic carbocycles. The number of nitrogens with one attached hydrogen (secondary N) is 2. The molecule has 0 spiro atoms. The average Bonchev–Trinajstić information content (AvgIpc) is 1.81. The van der Waals surface area contributed by atoms with Gasteiger partial charge in [-0.1, -0.05) is 13.3 Å². The minimum atomic E-state index is 0.635. The highest BCUT2D eigenvalue weighted by atomic mass is 16.1. The standard InChI is InChI=1S/C5H12N2O/c1-2-3-4-6-7-5-8/h5-6H,2-4H2,1H3,(H,7,8). The fourth-order valence-electron chi connectivity index (χ4n) is 0.379. The summed E-state index contributed by atoms with van der Waals surface area (Å²) in [6.45, 7) is 2.96. The molecule has 8 heavy (non-hydrogen) atoms. The Morgan fingerprint density at radius 2 is 2.38 bits per heavy atom. The van der Waals surface area contributed by atoms with Gasteiger partial charge in [0.1, 0.15) is 0 Å². The van der Waals surface area contributed by atoms with Crippen LogP contribution in [0.4, 0.5) is 0 Å². The van der Waals surface area contributed by atoms with Crippen LogP contribution >= 0.6 is 0 Å². The van der Waals surface area contributed by atoms with Crippen molar-refractivity contribution >= 4 is 6.41 Å². The first-order chi connectivity index (χ1) is 3.91. The maximum atomic E-state index is 9.59. The Morgan fingerprint density at radius 1 is 1.62 bits per heavy atom. The number of carbonyl (C=O) groups excluding carboxylic acids is 1. The van der Waals surface area contributed by atoms with Crippen LogP contribution in [0, 0.1) is 0 Å². The molecule has 0 saturated heterocycles. The van der Waals surface area contributed by atoms with Crippen molar-refractivity contribution in [3.63, 3.8) is 0 Å². The van der Waals surface area contributed by atoms with Gasteiger partial charge in [0, 0.05) is 6.54 Å². The minimum absolute atomic E-state index is 0.635. The third-order valence-corrected chi connectivity index (χ3v) is 0.816. The lowest BCUT2D eigenvalue weighted by Crippen LogP contribution is -2.30. The van der Waals surface area contributed by atoms with E-state index in [4.69, 9.17) is 0 Å². The van der Waals surface area contributed by atoms with Crippen molar-refractivity contribution in [3.8, 4) is 0 Å². The largest absolute Gasteiger partial charge is 0.294 e. The van der Waals surface area contributed by atoms with E-state index in [0.29, 0.717) is 6.41 Å². The Morgan fingerprint density at radius 3 is 2.88 bits per heavy atom. The summed E-state index contributed by atoms with van der Waals surface area (Å²) in [5, 5.41) is 0. The van der Waals surface area contributed by atoms with Gasteiger partial charge in [0.25, 0.3) is 0 Å². The molecule has 0 bridgehead atoms. The number of carbonyl (C=O) groups is 1. The smallest absolute Gasteiger partial charge is 0.221 e. The first-order valence-electron chi connectivity index (χ1n) is 2.84. The molecule has 0 aromatic rings. The quantitative estimate of drug-likeness (QED) is 0.302. The van der Waals surface area contributed by atoms with E-state index in [2.05, 4.69) is 17.8 Å². The zero-order valence-electron chi connectivity index (χ0n) is 5.11. The zero-order chi connectivity index (χ0) is 6.24. The molecule has 1 amide bonds. The lowest BCUT2D eigenvalue weighted by Gasteiger charge is -1.97. The van der Waals surface area contributed by atoms with Crippen LogP contribution in [-0.2, 0) is 4.79 Å². The monoisotopic (exact) mass is 116 g/mol. The summed E-state index contributed by atoms with van der Waals surface area (Å²) >= 11 is 0. The van der Waals surface area contributed by atoms with Crippen molar-refractivity contribution in [3.05, 3.63) is 0 Å². The van der Waals surface area contributed by atoms with E-state index in [-0.39, 0.29) is 0 Å². The Labute approximate surface area is 49.4 Å². The van der Waals surface area contributed by atoms with Crippen molar-refractivity contribution in [2.45, 2.75) is 19.8 Å². The third kappa shape index (κ3) is 5.43. The number of amides is 1. The summed E-state index contributed by atoms with van der Waals surface area (Å²) in [7, 11) is 0. The molecule has 3 nitrogen and oxygen atoms in total. The summed E-state index contributed by atoms with van der Waals surface area (Å²) in [5.74, 6) is 0. The normalized spacial score (nSPS) is 8.62. The van der Waals surface area contributed by atoms with E-state index in [0.717, 1.165) is 19.4 Å². The maximum absolute atomic E-state index is 9.59. The number of hydrogen-bond acceptors (Lipinski definition) is 2. The van der Waals surface area contributed by atoms with Gasteiger partial charge >= 0.3 is 0 Å². The summed E-state index contributed by atoms with van der Waals surface area (Å²) in [4.78, 5) is 9.59. The summed E-state index contributed by atoms with van der Waals surface area (Å²) in [6.07, 6.45) is 2.88. The highest BCUT2D eigenvalue weighted by Crippen LogP contribution is 1.79. The zero-order valence-corrected chi connectivity index (χ0v) is 5.11. The molecule has 0 fully saturated rings.